The third-order valence-electron chi connectivity index (χ3n) is 2.79. The molecule has 1 aliphatic carbocycles. The molecule has 0 bridgehead atoms. The third kappa shape index (κ3) is 3.49. The van der Waals surface area contributed by atoms with Gasteiger partial charge in [0.25, 0.3) is 0 Å². The van der Waals surface area contributed by atoms with Gasteiger partial charge < -0.3 is 10.4 Å². The van der Waals surface area contributed by atoms with Crippen molar-refractivity contribution in [3.8, 4) is 0 Å². The zero-order chi connectivity index (χ0) is 14.9. The van der Waals surface area contributed by atoms with E-state index in [1.807, 2.05) is 0 Å². The van der Waals surface area contributed by atoms with E-state index in [1.165, 1.54) is 0 Å². The van der Waals surface area contributed by atoms with E-state index in [0.717, 1.165) is 31.0 Å². The Labute approximate surface area is 120 Å². The van der Waals surface area contributed by atoms with Gasteiger partial charge in [0.15, 0.2) is 9.84 Å². The monoisotopic (exact) mass is 317 g/mol. The predicted molar refractivity (Wildman–Crippen MR) is 71.6 cm³/mol. The van der Waals surface area contributed by atoms with Gasteiger partial charge in [-0.15, -0.1) is 0 Å². The number of hydrogen-bond acceptors (Lipinski definition) is 4. The number of carboxylic acids is 1. The zero-order valence-electron chi connectivity index (χ0n) is 10.3. The summed E-state index contributed by atoms with van der Waals surface area (Å²) >= 11 is 5.72. The average molecular weight is 318 g/mol. The Morgan fingerprint density at radius 2 is 2.00 bits per heavy atom. The summed E-state index contributed by atoms with van der Waals surface area (Å²) in [4.78, 5) is 22.1. The highest BCUT2D eigenvalue weighted by Crippen LogP contribution is 2.22. The fourth-order valence-electron chi connectivity index (χ4n) is 1.62. The summed E-state index contributed by atoms with van der Waals surface area (Å²) in [6.07, 6.45) is 1.73. The second-order valence-electron chi connectivity index (χ2n) is 4.55. The van der Waals surface area contributed by atoms with Gasteiger partial charge in [-0.05, 0) is 31.0 Å². The van der Waals surface area contributed by atoms with Crippen LogP contribution in [0.1, 0.15) is 23.2 Å². The van der Waals surface area contributed by atoms with Gasteiger partial charge in [-0.3, -0.25) is 4.79 Å². The van der Waals surface area contributed by atoms with E-state index in [-0.39, 0.29) is 21.5 Å². The number of carbonyl (C=O) groups excluding carboxylic acids is 1. The van der Waals surface area contributed by atoms with Gasteiger partial charge in [-0.2, -0.15) is 0 Å². The molecule has 0 radical (unpaired) electrons. The number of rotatable bonds is 5. The van der Waals surface area contributed by atoms with E-state index < -0.39 is 27.5 Å². The summed E-state index contributed by atoms with van der Waals surface area (Å²) in [6, 6.07) is 3.37. The third-order valence-corrected chi connectivity index (χ3v) is 4.72. The lowest BCUT2D eigenvalue weighted by atomic mass is 10.2. The van der Waals surface area contributed by atoms with Crippen LogP contribution in [-0.2, 0) is 14.6 Å². The fraction of sp³-hybridized carbons (Fsp3) is 0.333. The largest absolute Gasteiger partial charge is 0.478 e. The highest BCUT2D eigenvalue weighted by atomic mass is 35.5. The van der Waals surface area contributed by atoms with E-state index >= 15 is 0 Å². The fourth-order valence-corrected chi connectivity index (χ4v) is 3.11. The van der Waals surface area contributed by atoms with Crippen LogP contribution < -0.4 is 5.32 Å². The lowest BCUT2D eigenvalue weighted by Gasteiger charge is -2.07. The Morgan fingerprint density at radius 1 is 1.35 bits per heavy atom. The molecule has 0 unspecified atom stereocenters. The molecule has 2 N–H and O–H groups in total. The standard InChI is InChI=1S/C12H12ClNO5S/c13-10-5-8(3-4-9(10)12(16)17)20(18,19)6-11(15)14-7-1-2-7/h3-5,7H,1-2,6H2,(H,14,15)(H,16,17). The van der Waals surface area contributed by atoms with Crippen molar-refractivity contribution >= 4 is 33.3 Å². The number of carbonyl (C=O) groups is 2. The minimum atomic E-state index is -3.83. The predicted octanol–water partition coefficient (Wildman–Crippen LogP) is 1.09. The molecule has 0 saturated heterocycles. The molecule has 1 aliphatic rings. The molecule has 1 amide bonds. The lowest BCUT2D eigenvalue weighted by molar-refractivity contribution is -0.118. The number of aromatic carboxylic acids is 1. The molecule has 0 aromatic heterocycles. The second-order valence-corrected chi connectivity index (χ2v) is 6.94. The zero-order valence-corrected chi connectivity index (χ0v) is 11.9. The van der Waals surface area contributed by atoms with Gasteiger partial charge >= 0.3 is 5.97 Å². The van der Waals surface area contributed by atoms with Crippen LogP contribution in [0.3, 0.4) is 0 Å². The maximum atomic E-state index is 12.0. The Bertz CT molecular complexity index is 666. The van der Waals surface area contributed by atoms with Crippen LogP contribution in [0.25, 0.3) is 0 Å². The first-order chi connectivity index (χ1) is 9.29. The van der Waals surface area contributed by atoms with Crippen molar-refractivity contribution in [2.45, 2.75) is 23.8 Å². The molecule has 6 nitrogen and oxygen atoms in total. The van der Waals surface area contributed by atoms with Gasteiger partial charge in [-0.1, -0.05) is 11.6 Å². The van der Waals surface area contributed by atoms with Gasteiger partial charge in [0.2, 0.25) is 5.91 Å². The van der Waals surface area contributed by atoms with Gasteiger partial charge in [-0.25, -0.2) is 13.2 Å². The number of nitrogens with one attached hydrogen (secondary N) is 1. The molecule has 1 aromatic rings. The Balaban J connectivity index is 2.18. The average Bonchev–Trinajstić information content (AvgIpc) is 3.11. The van der Waals surface area contributed by atoms with Crippen molar-refractivity contribution in [2.24, 2.45) is 0 Å². The van der Waals surface area contributed by atoms with Crippen molar-refractivity contribution in [1.29, 1.82) is 0 Å². The molecule has 0 spiro atoms. The minimum Gasteiger partial charge on any atom is -0.478 e. The molecular formula is C12H12ClNO5S. The quantitative estimate of drug-likeness (QED) is 0.846. The highest BCUT2D eigenvalue weighted by molar-refractivity contribution is 7.92. The summed E-state index contributed by atoms with van der Waals surface area (Å²) in [5, 5.41) is 11.2. The minimum absolute atomic E-state index is 0.0793. The van der Waals surface area contributed by atoms with Crippen molar-refractivity contribution in [2.75, 3.05) is 5.75 Å². The maximum Gasteiger partial charge on any atom is 0.337 e. The Hall–Kier alpha value is -1.60. The van der Waals surface area contributed by atoms with E-state index in [0.29, 0.717) is 0 Å². The second kappa shape index (κ2) is 5.41. The van der Waals surface area contributed by atoms with Crippen LogP contribution in [0.15, 0.2) is 23.1 Å². The van der Waals surface area contributed by atoms with E-state index in [9.17, 15) is 18.0 Å². The van der Waals surface area contributed by atoms with Crippen molar-refractivity contribution in [3.05, 3.63) is 28.8 Å². The molecule has 108 valence electrons. The van der Waals surface area contributed by atoms with Crippen LogP contribution in [0.5, 0.6) is 0 Å². The Kier molecular flexibility index (Phi) is 4.01. The first-order valence-corrected chi connectivity index (χ1v) is 7.87. The SMILES string of the molecule is O=C(CS(=O)(=O)c1ccc(C(=O)O)c(Cl)c1)NC1CC1. The highest BCUT2D eigenvalue weighted by Gasteiger charge is 2.27. The number of sulfone groups is 1. The summed E-state index contributed by atoms with van der Waals surface area (Å²) in [6.45, 7) is 0. The molecule has 1 fully saturated rings. The number of hydrogen-bond donors (Lipinski definition) is 2. The van der Waals surface area contributed by atoms with Crippen LogP contribution in [0.2, 0.25) is 5.02 Å². The first kappa shape index (κ1) is 14.8. The molecule has 0 heterocycles. The van der Waals surface area contributed by atoms with Crippen LogP contribution in [0, 0.1) is 0 Å². The van der Waals surface area contributed by atoms with E-state index in [1.54, 1.807) is 0 Å². The molecule has 2 rings (SSSR count). The number of halogens is 1. The van der Waals surface area contributed by atoms with Gasteiger partial charge in [0.1, 0.15) is 5.75 Å². The molecule has 0 atom stereocenters. The van der Waals surface area contributed by atoms with Gasteiger partial charge in [0, 0.05) is 6.04 Å². The Morgan fingerprint density at radius 3 is 2.50 bits per heavy atom. The molecular weight excluding hydrogens is 306 g/mol. The van der Waals surface area contributed by atoms with Crippen LogP contribution in [0.4, 0.5) is 0 Å². The van der Waals surface area contributed by atoms with Crippen LogP contribution in [-0.4, -0.2) is 37.2 Å². The lowest BCUT2D eigenvalue weighted by Crippen LogP contribution is -2.31. The number of benzene rings is 1. The molecule has 8 heteroatoms. The molecule has 20 heavy (non-hydrogen) atoms. The molecule has 0 aliphatic heterocycles. The normalized spacial score (nSPS) is 14.8. The topological polar surface area (TPSA) is 101 Å². The van der Waals surface area contributed by atoms with Crippen molar-refractivity contribution in [1.82, 2.24) is 5.32 Å². The first-order valence-electron chi connectivity index (χ1n) is 5.84. The van der Waals surface area contributed by atoms with Crippen molar-refractivity contribution < 1.29 is 23.1 Å². The number of carboxylic acid groups (broad SMARTS) is 1. The summed E-state index contributed by atoms with van der Waals surface area (Å²) in [7, 11) is -3.83. The summed E-state index contributed by atoms with van der Waals surface area (Å²) in [5.41, 5.74) is -0.187. The van der Waals surface area contributed by atoms with E-state index in [2.05, 4.69) is 5.32 Å². The smallest absolute Gasteiger partial charge is 0.337 e. The van der Waals surface area contributed by atoms with Gasteiger partial charge in [0.05, 0.1) is 15.5 Å². The summed E-state index contributed by atoms with van der Waals surface area (Å²) < 4.78 is 24.0. The molecule has 1 aromatic carbocycles. The maximum absolute atomic E-state index is 12.0. The van der Waals surface area contributed by atoms with Crippen LogP contribution >= 0.6 is 11.6 Å². The summed E-state index contributed by atoms with van der Waals surface area (Å²) in [5.74, 6) is -2.48. The number of amides is 1. The van der Waals surface area contributed by atoms with E-state index in [4.69, 9.17) is 16.7 Å². The molecule has 1 saturated carbocycles. The van der Waals surface area contributed by atoms with Crippen molar-refractivity contribution in [3.63, 3.8) is 0 Å².